The molecule has 2 aromatic carbocycles. The van der Waals surface area contributed by atoms with Gasteiger partial charge < -0.3 is 9.64 Å². The summed E-state index contributed by atoms with van der Waals surface area (Å²) in [7, 11) is -3.96. The highest BCUT2D eigenvalue weighted by Gasteiger charge is 2.39. The monoisotopic (exact) mass is 612 g/mol. The maximum Gasteiger partial charge on any atom is 0.264 e. The van der Waals surface area contributed by atoms with E-state index in [0.717, 1.165) is 55.5 Å². The van der Waals surface area contributed by atoms with Gasteiger partial charge in [-0.1, -0.05) is 30.7 Å². The lowest BCUT2D eigenvalue weighted by molar-refractivity contribution is -0.128. The molecule has 5 rings (SSSR count). The highest BCUT2D eigenvalue weighted by Crippen LogP contribution is 2.41. The fraction of sp³-hybridized carbons (Fsp3) is 0.515. The largest absolute Gasteiger partial charge is 0.487 e. The predicted molar refractivity (Wildman–Crippen MR) is 167 cm³/mol. The molecule has 0 radical (unpaired) electrons. The summed E-state index contributed by atoms with van der Waals surface area (Å²) in [5, 5.41) is -0.125. The van der Waals surface area contributed by atoms with Crippen LogP contribution in [0.4, 0.5) is 5.69 Å². The number of hydrogen-bond donors (Lipinski definition) is 1. The number of carbonyl (C=O) groups excluding carboxylic acids is 2. The fourth-order valence-electron chi connectivity index (χ4n) is 6.50. The summed E-state index contributed by atoms with van der Waals surface area (Å²) in [6.07, 6.45) is 7.20. The normalized spacial score (nSPS) is 28.5. The molecule has 0 saturated heterocycles. The van der Waals surface area contributed by atoms with Crippen LogP contribution >= 0.6 is 11.6 Å². The van der Waals surface area contributed by atoms with E-state index in [1.54, 1.807) is 31.2 Å². The molecule has 2 bridgehead atoms. The van der Waals surface area contributed by atoms with Gasteiger partial charge in [0.05, 0.1) is 10.9 Å². The smallest absolute Gasteiger partial charge is 0.264 e. The number of aryl methyl sites for hydroxylation is 1. The minimum atomic E-state index is -3.96. The molecule has 0 spiro atoms. The molecule has 42 heavy (non-hydrogen) atoms. The number of hydrogen-bond acceptors (Lipinski definition) is 6. The number of halogens is 1. The molecular formula is C33H41ClN2O5S. The van der Waals surface area contributed by atoms with Crippen molar-refractivity contribution in [2.45, 2.75) is 70.7 Å². The van der Waals surface area contributed by atoms with Gasteiger partial charge in [-0.25, -0.2) is 13.1 Å². The van der Waals surface area contributed by atoms with Gasteiger partial charge in [0.1, 0.15) is 18.1 Å². The van der Waals surface area contributed by atoms with Crippen molar-refractivity contribution in [2.75, 3.05) is 18.0 Å². The summed E-state index contributed by atoms with van der Waals surface area (Å²) in [5.41, 5.74) is 3.22. The Morgan fingerprint density at radius 3 is 2.62 bits per heavy atom. The van der Waals surface area contributed by atoms with Gasteiger partial charge in [0.2, 0.25) is 10.0 Å². The number of nitrogens with one attached hydrogen (secondary N) is 1. The van der Waals surface area contributed by atoms with E-state index in [9.17, 15) is 18.0 Å². The van der Waals surface area contributed by atoms with Crippen molar-refractivity contribution in [3.05, 3.63) is 70.8 Å². The van der Waals surface area contributed by atoms with Crippen molar-refractivity contribution >= 4 is 39.0 Å². The lowest BCUT2D eigenvalue weighted by Crippen LogP contribution is -2.43. The molecule has 1 fully saturated rings. The summed E-state index contributed by atoms with van der Waals surface area (Å²) in [4.78, 5) is 29.1. The van der Waals surface area contributed by atoms with Gasteiger partial charge in [-0.3, -0.25) is 9.59 Å². The molecule has 0 unspecified atom stereocenters. The van der Waals surface area contributed by atoms with E-state index in [2.05, 4.69) is 16.2 Å². The fourth-order valence-corrected chi connectivity index (χ4v) is 7.98. The Morgan fingerprint density at radius 1 is 1.07 bits per heavy atom. The van der Waals surface area contributed by atoms with E-state index in [1.807, 2.05) is 25.1 Å². The lowest BCUT2D eigenvalue weighted by Gasteiger charge is -2.41. The van der Waals surface area contributed by atoms with Crippen molar-refractivity contribution in [1.29, 1.82) is 0 Å². The van der Waals surface area contributed by atoms with Crippen LogP contribution in [0.3, 0.4) is 0 Å². The number of amides is 1. The molecule has 1 saturated carbocycles. The Balaban J connectivity index is 1.54. The van der Waals surface area contributed by atoms with Crippen LogP contribution in [0.2, 0.25) is 5.02 Å². The van der Waals surface area contributed by atoms with Crippen LogP contribution in [0.1, 0.15) is 73.9 Å². The molecule has 2 aromatic rings. The first-order valence-corrected chi connectivity index (χ1v) is 17.0. The highest BCUT2D eigenvalue weighted by molar-refractivity contribution is 7.90. The Labute approximate surface area is 254 Å². The first-order valence-electron chi connectivity index (χ1n) is 15.1. The van der Waals surface area contributed by atoms with Crippen molar-refractivity contribution < 1.29 is 22.7 Å². The minimum Gasteiger partial charge on any atom is -0.487 e. The number of anilines is 1. The maximum absolute atomic E-state index is 13.5. The molecule has 3 aliphatic rings. The van der Waals surface area contributed by atoms with Crippen molar-refractivity contribution in [1.82, 2.24) is 4.72 Å². The van der Waals surface area contributed by atoms with Crippen LogP contribution in [0.15, 0.2) is 49.1 Å². The Kier molecular flexibility index (Phi) is 9.33. The number of ketones is 1. The first kappa shape index (κ1) is 30.6. The van der Waals surface area contributed by atoms with Gasteiger partial charge in [0, 0.05) is 36.0 Å². The molecule has 9 heteroatoms. The molecule has 1 aliphatic carbocycles. The summed E-state index contributed by atoms with van der Waals surface area (Å²) in [6.45, 7) is 9.14. The minimum absolute atomic E-state index is 0.0303. The van der Waals surface area contributed by atoms with Crippen LogP contribution in [0.5, 0.6) is 5.75 Å². The number of rotatable bonds is 1. The molecule has 0 aromatic heterocycles. The molecule has 2 aliphatic heterocycles. The van der Waals surface area contributed by atoms with E-state index in [1.165, 1.54) is 0 Å². The molecule has 1 amide bonds. The predicted octanol–water partition coefficient (Wildman–Crippen LogP) is 6.34. The van der Waals surface area contributed by atoms with E-state index >= 15 is 0 Å². The maximum atomic E-state index is 13.5. The van der Waals surface area contributed by atoms with Crippen molar-refractivity contribution in [3.63, 3.8) is 0 Å². The number of benzene rings is 2. The lowest BCUT2D eigenvalue weighted by atomic mass is 9.69. The van der Waals surface area contributed by atoms with E-state index < -0.39 is 21.2 Å². The number of allylic oxidation sites excluding steroid dienone is 1. The Hall–Kier alpha value is -2.84. The van der Waals surface area contributed by atoms with Crippen molar-refractivity contribution in [3.8, 4) is 5.75 Å². The van der Waals surface area contributed by atoms with E-state index in [-0.39, 0.29) is 35.0 Å². The zero-order chi connectivity index (χ0) is 30.0. The zero-order valence-corrected chi connectivity index (χ0v) is 26.1. The van der Waals surface area contributed by atoms with Gasteiger partial charge in [0.15, 0.2) is 0 Å². The average molecular weight is 613 g/mol. The number of nitrogens with zero attached hydrogens (tertiary/aromatic N) is 1. The molecule has 5 atom stereocenters. The van der Waals surface area contributed by atoms with E-state index in [4.69, 9.17) is 16.3 Å². The summed E-state index contributed by atoms with van der Waals surface area (Å²) < 4.78 is 35.2. The van der Waals surface area contributed by atoms with Crippen LogP contribution in [0.25, 0.3) is 0 Å². The average Bonchev–Trinajstić information content (AvgIpc) is 2.96. The Bertz CT molecular complexity index is 1460. The number of carbonyl (C=O) groups is 2. The van der Waals surface area contributed by atoms with E-state index in [0.29, 0.717) is 36.8 Å². The van der Waals surface area contributed by atoms with Crippen LogP contribution in [-0.4, -0.2) is 38.4 Å². The SMILES string of the molecule is C=C[C@@H]1CC(=O)[C@@H]2CC[C@H]2CN2CCCCc3cc(Cl)ccc3COc3ccc(cc32)C(=O)NS(=O)(=O)[C@H](C)[C@@H](C)C1. The number of fused-ring (bicyclic) bond motifs is 3. The number of ether oxygens (including phenoxy) is 1. The van der Waals surface area contributed by atoms with Crippen LogP contribution in [-0.2, 0) is 27.8 Å². The third kappa shape index (κ3) is 6.70. The highest BCUT2D eigenvalue weighted by atomic mass is 35.5. The number of Topliss-reactive ketones (excluding diaryl/α,β-unsaturated/α-hetero) is 1. The molecular weight excluding hydrogens is 572 g/mol. The molecule has 226 valence electrons. The second kappa shape index (κ2) is 12.8. The van der Waals surface area contributed by atoms with Crippen LogP contribution in [0, 0.1) is 23.7 Å². The summed E-state index contributed by atoms with van der Waals surface area (Å²) in [6, 6.07) is 11.0. The second-order valence-electron chi connectivity index (χ2n) is 12.3. The summed E-state index contributed by atoms with van der Waals surface area (Å²) >= 11 is 6.30. The Morgan fingerprint density at radius 2 is 1.88 bits per heavy atom. The first-order chi connectivity index (χ1) is 20.1. The quantitative estimate of drug-likeness (QED) is 0.378. The third-order valence-corrected chi connectivity index (χ3v) is 11.7. The van der Waals surface area contributed by atoms with Gasteiger partial charge in [-0.15, -0.1) is 6.58 Å². The van der Waals surface area contributed by atoms with Gasteiger partial charge in [-0.05, 0) is 105 Å². The van der Waals surface area contributed by atoms with Gasteiger partial charge in [-0.2, -0.15) is 0 Å². The number of sulfonamides is 1. The van der Waals surface area contributed by atoms with Crippen LogP contribution < -0.4 is 14.4 Å². The topological polar surface area (TPSA) is 92.8 Å². The third-order valence-electron chi connectivity index (χ3n) is 9.52. The standard InChI is InChI=1S/C33H41ClN2O5S/c1-4-23-15-21(2)22(3)42(39,40)35-33(38)25-10-13-32-30(18-25)36(19-26-9-12-29(26)31(37)16-23)14-6-5-7-24-17-28(34)11-8-27(24)20-41-32/h4,8,10-11,13,17-18,21-23,26,29H,1,5-7,9,12,14-16,19-20H2,2-3H3,(H,35,38)/t21-,22+,23-,26-,29+/m0/s1. The van der Waals surface area contributed by atoms with Gasteiger partial charge >= 0.3 is 0 Å². The molecule has 2 heterocycles. The zero-order valence-electron chi connectivity index (χ0n) is 24.5. The molecule has 1 N–H and O–H groups in total. The van der Waals surface area contributed by atoms with Crippen molar-refractivity contribution in [2.24, 2.45) is 23.7 Å². The molecule has 7 nitrogen and oxygen atoms in total. The summed E-state index contributed by atoms with van der Waals surface area (Å²) in [5.74, 6) is -0.0174. The second-order valence-corrected chi connectivity index (χ2v) is 14.8. The van der Waals surface area contributed by atoms with Gasteiger partial charge in [0.25, 0.3) is 5.91 Å².